The van der Waals surface area contributed by atoms with Crippen LogP contribution >= 0.6 is 0 Å². The molecule has 0 bridgehead atoms. The summed E-state index contributed by atoms with van der Waals surface area (Å²) in [7, 11) is 0. The first-order valence-corrected chi connectivity index (χ1v) is 9.10. The maximum atomic E-state index is 12.9. The quantitative estimate of drug-likeness (QED) is 0.219. The Balaban J connectivity index is 1.39. The van der Waals surface area contributed by atoms with Crippen molar-refractivity contribution < 1.29 is 23.2 Å². The van der Waals surface area contributed by atoms with E-state index in [1.54, 1.807) is 6.07 Å². The number of oxime groups is 1. The van der Waals surface area contributed by atoms with Gasteiger partial charge in [-0.2, -0.15) is 0 Å². The smallest absolute Gasteiger partial charge is 0.400 e. The van der Waals surface area contributed by atoms with Crippen LogP contribution in [-0.4, -0.2) is 11.8 Å². The Labute approximate surface area is 171 Å². The zero-order valence-electron chi connectivity index (χ0n) is 15.7. The van der Waals surface area contributed by atoms with Gasteiger partial charge < -0.3 is 19.7 Å². The monoisotopic (exact) mass is 404 g/mol. The highest BCUT2D eigenvalue weighted by molar-refractivity contribution is 5.97. The third-order valence-corrected chi connectivity index (χ3v) is 4.35. The molecule has 30 heavy (non-hydrogen) atoms. The number of hydrogen-bond donors (Lipinski definition) is 1. The second kappa shape index (κ2) is 8.48. The number of carbonyl (C=O) groups excluding carboxylic acids is 1. The molecule has 4 rings (SSSR count). The molecule has 0 aliphatic carbocycles. The number of halogens is 1. The van der Waals surface area contributed by atoms with Crippen LogP contribution in [0, 0.1) is 5.82 Å². The van der Waals surface area contributed by atoms with Crippen LogP contribution in [0.5, 0.6) is 5.75 Å². The number of nitrogens with two attached hydrogens (primary N) is 1. The highest BCUT2D eigenvalue weighted by atomic mass is 19.1. The average Bonchev–Trinajstić information content (AvgIpc) is 3.25. The van der Waals surface area contributed by atoms with E-state index in [1.165, 1.54) is 30.3 Å². The van der Waals surface area contributed by atoms with Crippen molar-refractivity contribution in [1.29, 1.82) is 0 Å². The third-order valence-electron chi connectivity index (χ3n) is 4.35. The highest BCUT2D eigenvalue weighted by Crippen LogP contribution is 2.26. The Bertz CT molecular complexity index is 1210. The molecule has 3 aromatic carbocycles. The number of amidine groups is 1. The Morgan fingerprint density at radius 1 is 0.967 bits per heavy atom. The SMILES string of the molecule is N/C(=N\OC(=O)c1ccc(COc2cccc3ccccc23)o1)c1ccc(F)cc1. The van der Waals surface area contributed by atoms with Crippen molar-refractivity contribution in [1.82, 2.24) is 0 Å². The Kier molecular flexibility index (Phi) is 5.43. The molecule has 4 aromatic rings. The summed E-state index contributed by atoms with van der Waals surface area (Å²) in [5.41, 5.74) is 6.16. The number of furan rings is 1. The van der Waals surface area contributed by atoms with Gasteiger partial charge in [-0.15, -0.1) is 0 Å². The van der Waals surface area contributed by atoms with E-state index in [0.29, 0.717) is 17.1 Å². The van der Waals surface area contributed by atoms with Crippen LogP contribution < -0.4 is 10.5 Å². The number of hydrogen-bond acceptors (Lipinski definition) is 5. The second-order valence-electron chi connectivity index (χ2n) is 6.39. The standard InChI is InChI=1S/C23H17FN2O4/c24-17-10-8-16(9-11-17)22(25)26-30-23(27)21-13-12-18(29-21)14-28-20-7-3-5-15-4-1-2-6-19(15)20/h1-13H,14H2,(H2,25,26). The van der Waals surface area contributed by atoms with E-state index < -0.39 is 11.8 Å². The van der Waals surface area contributed by atoms with Gasteiger partial charge in [-0.3, -0.25) is 0 Å². The molecule has 0 aliphatic rings. The molecule has 1 heterocycles. The van der Waals surface area contributed by atoms with Crippen LogP contribution in [-0.2, 0) is 11.4 Å². The van der Waals surface area contributed by atoms with Crippen LogP contribution in [0.1, 0.15) is 21.9 Å². The van der Waals surface area contributed by atoms with E-state index >= 15 is 0 Å². The Morgan fingerprint density at radius 2 is 1.73 bits per heavy atom. The van der Waals surface area contributed by atoms with Crippen molar-refractivity contribution in [3.8, 4) is 5.75 Å². The minimum Gasteiger partial charge on any atom is -0.485 e. The lowest BCUT2D eigenvalue weighted by Crippen LogP contribution is -2.15. The molecular weight excluding hydrogens is 387 g/mol. The Morgan fingerprint density at radius 3 is 2.57 bits per heavy atom. The lowest BCUT2D eigenvalue weighted by Gasteiger charge is -2.07. The summed E-state index contributed by atoms with van der Waals surface area (Å²) < 4.78 is 24.3. The van der Waals surface area contributed by atoms with E-state index in [4.69, 9.17) is 19.7 Å². The van der Waals surface area contributed by atoms with Gasteiger partial charge >= 0.3 is 5.97 Å². The molecule has 0 radical (unpaired) electrons. The number of fused-ring (bicyclic) bond motifs is 1. The number of nitrogens with zero attached hydrogens (tertiary/aromatic N) is 1. The van der Waals surface area contributed by atoms with Gasteiger partial charge in [-0.25, -0.2) is 9.18 Å². The van der Waals surface area contributed by atoms with Gasteiger partial charge in [0.15, 0.2) is 5.84 Å². The molecule has 0 saturated carbocycles. The van der Waals surface area contributed by atoms with Gasteiger partial charge in [0.2, 0.25) is 5.76 Å². The molecule has 1 aromatic heterocycles. The summed E-state index contributed by atoms with van der Waals surface area (Å²) >= 11 is 0. The molecular formula is C23H17FN2O4. The van der Waals surface area contributed by atoms with Crippen molar-refractivity contribution in [2.24, 2.45) is 10.9 Å². The van der Waals surface area contributed by atoms with E-state index in [0.717, 1.165) is 10.8 Å². The molecule has 7 heteroatoms. The normalized spacial score (nSPS) is 11.4. The van der Waals surface area contributed by atoms with Gasteiger partial charge in [0, 0.05) is 10.9 Å². The fourth-order valence-electron chi connectivity index (χ4n) is 2.84. The molecule has 0 fully saturated rings. The fourth-order valence-corrected chi connectivity index (χ4v) is 2.84. The van der Waals surface area contributed by atoms with Crippen molar-refractivity contribution in [2.75, 3.05) is 0 Å². The third kappa shape index (κ3) is 4.30. The van der Waals surface area contributed by atoms with Crippen molar-refractivity contribution in [3.05, 3.63) is 102 Å². The first-order valence-electron chi connectivity index (χ1n) is 9.10. The zero-order chi connectivity index (χ0) is 20.9. The van der Waals surface area contributed by atoms with Crippen molar-refractivity contribution >= 4 is 22.6 Å². The maximum Gasteiger partial charge on any atom is 0.400 e. The van der Waals surface area contributed by atoms with Gasteiger partial charge in [0.05, 0.1) is 0 Å². The number of ether oxygens (including phenoxy) is 1. The molecule has 2 N–H and O–H groups in total. The first-order chi connectivity index (χ1) is 14.6. The van der Waals surface area contributed by atoms with Crippen LogP contribution in [0.25, 0.3) is 10.8 Å². The molecule has 0 unspecified atom stereocenters. The second-order valence-corrected chi connectivity index (χ2v) is 6.39. The van der Waals surface area contributed by atoms with Gasteiger partial charge in [-0.05, 0) is 47.9 Å². The summed E-state index contributed by atoms with van der Waals surface area (Å²) in [6.07, 6.45) is 0. The predicted molar refractivity (Wildman–Crippen MR) is 110 cm³/mol. The molecule has 0 saturated heterocycles. The molecule has 0 amide bonds. The van der Waals surface area contributed by atoms with Crippen LogP contribution in [0.4, 0.5) is 4.39 Å². The van der Waals surface area contributed by atoms with Crippen molar-refractivity contribution in [2.45, 2.75) is 6.61 Å². The number of rotatable bonds is 6. The lowest BCUT2D eigenvalue weighted by molar-refractivity contribution is 0.0475. The lowest BCUT2D eigenvalue weighted by atomic mass is 10.1. The summed E-state index contributed by atoms with van der Waals surface area (Å²) in [6, 6.07) is 22.1. The van der Waals surface area contributed by atoms with E-state index in [-0.39, 0.29) is 18.2 Å². The molecule has 0 atom stereocenters. The highest BCUT2D eigenvalue weighted by Gasteiger charge is 2.14. The molecule has 6 nitrogen and oxygen atoms in total. The van der Waals surface area contributed by atoms with Crippen LogP contribution in [0.15, 0.2) is 88.4 Å². The first kappa shape index (κ1) is 19.2. The molecule has 0 spiro atoms. The zero-order valence-corrected chi connectivity index (χ0v) is 15.7. The fraction of sp³-hybridized carbons (Fsp3) is 0.0435. The van der Waals surface area contributed by atoms with Crippen molar-refractivity contribution in [3.63, 3.8) is 0 Å². The van der Waals surface area contributed by atoms with E-state index in [2.05, 4.69) is 5.16 Å². The minimum atomic E-state index is -0.809. The summed E-state index contributed by atoms with van der Waals surface area (Å²) in [4.78, 5) is 16.9. The largest absolute Gasteiger partial charge is 0.485 e. The summed E-state index contributed by atoms with van der Waals surface area (Å²) in [5, 5.41) is 5.62. The van der Waals surface area contributed by atoms with Gasteiger partial charge in [0.25, 0.3) is 0 Å². The topological polar surface area (TPSA) is 87.1 Å². The number of carbonyl (C=O) groups is 1. The minimum absolute atomic E-state index is 0.0397. The Hall–Kier alpha value is -4.13. The summed E-state index contributed by atoms with van der Waals surface area (Å²) in [6.45, 7) is 0.141. The molecule has 150 valence electrons. The summed E-state index contributed by atoms with van der Waals surface area (Å²) in [5.74, 6) is -0.152. The van der Waals surface area contributed by atoms with E-state index in [9.17, 15) is 9.18 Å². The van der Waals surface area contributed by atoms with Gasteiger partial charge in [-0.1, -0.05) is 41.6 Å². The van der Waals surface area contributed by atoms with Gasteiger partial charge in [0.1, 0.15) is 23.9 Å². The van der Waals surface area contributed by atoms with Crippen LogP contribution in [0.3, 0.4) is 0 Å². The van der Waals surface area contributed by atoms with Crippen LogP contribution in [0.2, 0.25) is 0 Å². The molecule has 0 aliphatic heterocycles. The predicted octanol–water partition coefficient (Wildman–Crippen LogP) is 4.63. The number of benzene rings is 3. The maximum absolute atomic E-state index is 12.9. The van der Waals surface area contributed by atoms with E-state index in [1.807, 2.05) is 42.5 Å². The average molecular weight is 404 g/mol.